The molecule has 0 bridgehead atoms. The second kappa shape index (κ2) is 8.31. The summed E-state index contributed by atoms with van der Waals surface area (Å²) in [6.07, 6.45) is -1.71. The van der Waals surface area contributed by atoms with Gasteiger partial charge in [-0.2, -0.15) is 18.3 Å². The number of hydrogen-bond donors (Lipinski definition) is 1. The number of amides is 1. The average molecular weight is 403 g/mol. The van der Waals surface area contributed by atoms with Gasteiger partial charge in [-0.05, 0) is 43.0 Å². The number of benzene rings is 1. The summed E-state index contributed by atoms with van der Waals surface area (Å²) in [6.45, 7) is 3.09. The van der Waals surface area contributed by atoms with Crippen LogP contribution in [-0.2, 0) is 6.18 Å². The number of likely N-dealkylation sites (tertiary alicyclic amines) is 1. The maximum Gasteiger partial charge on any atom is 0.433 e. The first-order chi connectivity index (χ1) is 12.3. The minimum atomic E-state index is -4.52. The molecule has 5 nitrogen and oxygen atoms in total. The number of nitrogens with zero attached hydrogens (tertiary/aromatic N) is 3. The van der Waals surface area contributed by atoms with Crippen molar-refractivity contribution in [1.29, 1.82) is 0 Å². The predicted molar refractivity (Wildman–Crippen MR) is 98.1 cm³/mol. The van der Waals surface area contributed by atoms with Gasteiger partial charge in [0.1, 0.15) is 5.69 Å². The molecule has 1 amide bonds. The molecule has 0 saturated carbocycles. The molecule has 2 heterocycles. The predicted octanol–water partition coefficient (Wildman–Crippen LogP) is 3.51. The fourth-order valence-corrected chi connectivity index (χ4v) is 3.40. The number of hydrogen-bond acceptors (Lipinski definition) is 3. The second-order valence-electron chi connectivity index (χ2n) is 6.69. The van der Waals surface area contributed by atoms with Crippen molar-refractivity contribution in [2.24, 2.45) is 11.7 Å². The van der Waals surface area contributed by atoms with Crippen LogP contribution in [0.15, 0.2) is 36.5 Å². The third kappa shape index (κ3) is 4.44. The maximum atomic E-state index is 13.1. The van der Waals surface area contributed by atoms with Gasteiger partial charge in [0.15, 0.2) is 0 Å². The van der Waals surface area contributed by atoms with Crippen molar-refractivity contribution in [3.63, 3.8) is 0 Å². The van der Waals surface area contributed by atoms with E-state index in [1.165, 1.54) is 12.1 Å². The molecule has 0 aliphatic carbocycles. The molecule has 1 fully saturated rings. The van der Waals surface area contributed by atoms with E-state index in [-0.39, 0.29) is 30.0 Å². The highest BCUT2D eigenvalue weighted by molar-refractivity contribution is 5.95. The Kier molecular flexibility index (Phi) is 6.54. The van der Waals surface area contributed by atoms with E-state index in [0.29, 0.717) is 24.6 Å². The first-order valence-electron chi connectivity index (χ1n) is 8.54. The van der Waals surface area contributed by atoms with Crippen LogP contribution in [0.4, 0.5) is 13.2 Å². The Morgan fingerprint density at radius 1 is 1.33 bits per heavy atom. The Bertz CT molecular complexity index is 793. The largest absolute Gasteiger partial charge is 0.433 e. The molecule has 1 aromatic heterocycles. The molecule has 2 unspecified atom stereocenters. The van der Waals surface area contributed by atoms with Crippen LogP contribution < -0.4 is 5.73 Å². The third-order valence-electron chi connectivity index (χ3n) is 4.78. The SMILES string of the molecule is CC1CCN(C(=O)c2cccc(-n3nccc3C(F)(F)F)c2)C(CN)C1.Cl. The van der Waals surface area contributed by atoms with E-state index in [9.17, 15) is 18.0 Å². The summed E-state index contributed by atoms with van der Waals surface area (Å²) >= 11 is 0. The molecule has 0 spiro atoms. The molecule has 0 radical (unpaired) electrons. The van der Waals surface area contributed by atoms with Crippen molar-refractivity contribution in [3.8, 4) is 5.69 Å². The summed E-state index contributed by atoms with van der Waals surface area (Å²) in [7, 11) is 0. The zero-order valence-corrected chi connectivity index (χ0v) is 15.6. The highest BCUT2D eigenvalue weighted by Gasteiger charge is 2.35. The van der Waals surface area contributed by atoms with E-state index in [0.717, 1.165) is 29.8 Å². The molecule has 1 aliphatic rings. The summed E-state index contributed by atoms with van der Waals surface area (Å²) in [5, 5.41) is 3.76. The minimum absolute atomic E-state index is 0. The van der Waals surface area contributed by atoms with Crippen molar-refractivity contribution in [3.05, 3.63) is 47.8 Å². The average Bonchev–Trinajstić information content (AvgIpc) is 3.11. The number of carbonyl (C=O) groups excluding carboxylic acids is 1. The molecule has 9 heteroatoms. The van der Waals surface area contributed by atoms with Crippen molar-refractivity contribution in [1.82, 2.24) is 14.7 Å². The normalized spacial score (nSPS) is 20.3. The molecule has 1 aliphatic heterocycles. The van der Waals surface area contributed by atoms with E-state index in [1.54, 1.807) is 17.0 Å². The van der Waals surface area contributed by atoms with Gasteiger partial charge in [-0.3, -0.25) is 4.79 Å². The van der Waals surface area contributed by atoms with Crippen LogP contribution in [-0.4, -0.2) is 39.7 Å². The Morgan fingerprint density at radius 3 is 2.74 bits per heavy atom. The van der Waals surface area contributed by atoms with Crippen LogP contribution in [0, 0.1) is 5.92 Å². The fraction of sp³-hybridized carbons (Fsp3) is 0.444. The quantitative estimate of drug-likeness (QED) is 0.854. The van der Waals surface area contributed by atoms with E-state index >= 15 is 0 Å². The standard InChI is InChI=1S/C18H21F3N4O.ClH/c1-12-6-8-24(15(9-12)11-22)17(26)13-3-2-4-14(10-13)25-16(5-7-23-25)18(19,20)21;/h2-5,7,10,12,15H,6,8-9,11,22H2,1H3;1H. The number of rotatable bonds is 3. The number of carbonyl (C=O) groups is 1. The molecule has 2 atom stereocenters. The summed E-state index contributed by atoms with van der Waals surface area (Å²) in [6, 6.07) is 6.96. The van der Waals surface area contributed by atoms with Gasteiger partial charge in [0.25, 0.3) is 5.91 Å². The first kappa shape index (κ1) is 21.2. The van der Waals surface area contributed by atoms with Crippen LogP contribution in [0.1, 0.15) is 35.8 Å². The minimum Gasteiger partial charge on any atom is -0.334 e. The summed E-state index contributed by atoms with van der Waals surface area (Å²) < 4.78 is 40.1. The van der Waals surface area contributed by atoms with Gasteiger partial charge in [0.05, 0.1) is 11.9 Å². The van der Waals surface area contributed by atoms with Crippen LogP contribution >= 0.6 is 12.4 Å². The highest BCUT2D eigenvalue weighted by Crippen LogP contribution is 2.31. The highest BCUT2D eigenvalue weighted by atomic mass is 35.5. The Morgan fingerprint density at radius 2 is 2.07 bits per heavy atom. The molecule has 3 rings (SSSR count). The molecule has 1 aromatic carbocycles. The second-order valence-corrected chi connectivity index (χ2v) is 6.69. The lowest BCUT2D eigenvalue weighted by Crippen LogP contribution is -2.49. The molecule has 1 saturated heterocycles. The van der Waals surface area contributed by atoms with Gasteiger partial charge in [-0.15, -0.1) is 12.4 Å². The van der Waals surface area contributed by atoms with E-state index < -0.39 is 11.9 Å². The maximum absolute atomic E-state index is 13.1. The number of halogens is 4. The van der Waals surface area contributed by atoms with Crippen molar-refractivity contribution >= 4 is 18.3 Å². The van der Waals surface area contributed by atoms with Crippen molar-refractivity contribution in [2.75, 3.05) is 13.1 Å². The monoisotopic (exact) mass is 402 g/mol. The first-order valence-corrected chi connectivity index (χ1v) is 8.54. The number of aromatic nitrogens is 2. The zero-order valence-electron chi connectivity index (χ0n) is 14.8. The lowest BCUT2D eigenvalue weighted by molar-refractivity contribution is -0.142. The van der Waals surface area contributed by atoms with E-state index in [2.05, 4.69) is 12.0 Å². The Hall–Kier alpha value is -2.06. The van der Waals surface area contributed by atoms with E-state index in [1.807, 2.05) is 0 Å². The van der Waals surface area contributed by atoms with Gasteiger partial charge >= 0.3 is 6.18 Å². The number of alkyl halides is 3. The molecule has 148 valence electrons. The lowest BCUT2D eigenvalue weighted by atomic mass is 9.92. The summed E-state index contributed by atoms with van der Waals surface area (Å²) in [4.78, 5) is 14.6. The topological polar surface area (TPSA) is 64.2 Å². The number of nitrogens with two attached hydrogens (primary N) is 1. The third-order valence-corrected chi connectivity index (χ3v) is 4.78. The molecule has 2 N–H and O–H groups in total. The number of piperidine rings is 1. The Balaban J connectivity index is 0.00000261. The Labute approximate surface area is 161 Å². The van der Waals surface area contributed by atoms with Crippen molar-refractivity contribution < 1.29 is 18.0 Å². The zero-order chi connectivity index (χ0) is 18.9. The molecular weight excluding hydrogens is 381 g/mol. The fourth-order valence-electron chi connectivity index (χ4n) is 3.40. The molecule has 2 aromatic rings. The van der Waals surface area contributed by atoms with E-state index in [4.69, 9.17) is 5.73 Å². The summed E-state index contributed by atoms with van der Waals surface area (Å²) in [5.74, 6) is 0.285. The lowest BCUT2D eigenvalue weighted by Gasteiger charge is -2.38. The van der Waals surface area contributed by atoms with Crippen LogP contribution in [0.5, 0.6) is 0 Å². The van der Waals surface area contributed by atoms with Crippen LogP contribution in [0.25, 0.3) is 5.69 Å². The summed E-state index contributed by atoms with van der Waals surface area (Å²) in [5.41, 5.74) is 5.46. The van der Waals surface area contributed by atoms with Crippen LogP contribution in [0.2, 0.25) is 0 Å². The molecule has 27 heavy (non-hydrogen) atoms. The van der Waals surface area contributed by atoms with Crippen LogP contribution in [0.3, 0.4) is 0 Å². The van der Waals surface area contributed by atoms with Gasteiger partial charge < -0.3 is 10.6 Å². The van der Waals surface area contributed by atoms with Gasteiger partial charge in [0.2, 0.25) is 0 Å². The molecular formula is C18H22ClF3N4O. The van der Waals surface area contributed by atoms with Gasteiger partial charge in [0, 0.05) is 24.7 Å². The van der Waals surface area contributed by atoms with Gasteiger partial charge in [-0.25, -0.2) is 4.68 Å². The van der Waals surface area contributed by atoms with Gasteiger partial charge in [-0.1, -0.05) is 13.0 Å². The van der Waals surface area contributed by atoms with Crippen molar-refractivity contribution in [2.45, 2.75) is 32.0 Å². The smallest absolute Gasteiger partial charge is 0.334 e.